The Hall–Kier alpha value is -0.410. The highest BCUT2D eigenvalue weighted by atomic mass is 16.5. The van der Waals surface area contributed by atoms with Gasteiger partial charge in [0.2, 0.25) is 6.29 Å². The van der Waals surface area contributed by atoms with Gasteiger partial charge in [0.1, 0.15) is 0 Å². The first-order chi connectivity index (χ1) is 4.18. The minimum Gasteiger partial charge on any atom is -0.362 e. The lowest BCUT2D eigenvalue weighted by Crippen LogP contribution is -2.18. The van der Waals surface area contributed by atoms with Crippen molar-refractivity contribution in [1.82, 2.24) is 0 Å². The van der Waals surface area contributed by atoms with Gasteiger partial charge in [-0.15, -0.1) is 0 Å². The summed E-state index contributed by atoms with van der Waals surface area (Å²) in [5.41, 5.74) is 0. The zero-order valence-corrected chi connectivity index (χ0v) is 5.50. The minimum atomic E-state index is -1.77. The van der Waals surface area contributed by atoms with E-state index in [-0.39, 0.29) is 28.7 Å². The van der Waals surface area contributed by atoms with Crippen molar-refractivity contribution in [1.29, 1.82) is 0 Å². The molecule has 0 spiro atoms. The first-order valence-corrected chi connectivity index (χ1v) is 3.07. The van der Waals surface area contributed by atoms with Crippen LogP contribution in [0.3, 0.4) is 0 Å². The van der Waals surface area contributed by atoms with E-state index < -0.39 is 12.1 Å². The topological polar surface area (TPSA) is 57.5 Å². The molecule has 0 aromatic heterocycles. The third-order valence-electron chi connectivity index (χ3n) is 1.06. The Morgan fingerprint density at radius 1 is 1.25 bits per heavy atom. The fourth-order valence-electron chi connectivity index (χ4n) is 0.480. The molecule has 0 rings (SSSR count). The Morgan fingerprint density at radius 3 is 1.92 bits per heavy atom. The second-order valence-electron chi connectivity index (χ2n) is 1.94. The van der Waals surface area contributed by atoms with E-state index in [1.54, 1.807) is 0 Å². The van der Waals surface area contributed by atoms with E-state index in [9.17, 15) is 4.79 Å². The summed E-state index contributed by atoms with van der Waals surface area (Å²) < 4.78 is 0. The molecule has 3 nitrogen and oxygen atoms in total. The van der Waals surface area contributed by atoms with Gasteiger partial charge in [0.25, 0.3) is 0 Å². The first kappa shape index (κ1) is 22.6. The van der Waals surface area contributed by atoms with Gasteiger partial charge in [-0.3, -0.25) is 4.79 Å². The monoisotopic (exact) mass is 180 g/mol. The lowest BCUT2D eigenvalue weighted by atomic mass is 10.2. The molecule has 0 atom stereocenters. The van der Waals surface area contributed by atoms with Crippen molar-refractivity contribution in [3.63, 3.8) is 0 Å². The van der Waals surface area contributed by atoms with Gasteiger partial charge in [-0.05, 0) is 6.42 Å². The summed E-state index contributed by atoms with van der Waals surface area (Å²) in [5, 5.41) is 16.5. The lowest BCUT2D eigenvalue weighted by Gasteiger charge is -1.98. The Bertz CT molecular complexity index is 89.8. The summed E-state index contributed by atoms with van der Waals surface area (Å²) in [7, 11) is 0. The standard InChI is InChI=1S/C6H12O3.3CH4/c1-2-3-4-5(7)6(8)9;;;/h6,8-9H,2-4H2,1H3;3*1H4. The average Bonchev–Trinajstić information content (AvgIpc) is 1.82. The molecular formula is C9H24O3. The molecule has 0 saturated carbocycles. The minimum absolute atomic E-state index is 0. The van der Waals surface area contributed by atoms with Gasteiger partial charge in [-0.2, -0.15) is 0 Å². The molecule has 0 fully saturated rings. The second kappa shape index (κ2) is 13.2. The summed E-state index contributed by atoms with van der Waals surface area (Å²) in [5.74, 6) is -0.489. The van der Waals surface area contributed by atoms with Crippen molar-refractivity contribution >= 4 is 5.78 Å². The Morgan fingerprint density at radius 2 is 1.67 bits per heavy atom. The molecule has 12 heavy (non-hydrogen) atoms. The molecule has 0 radical (unpaired) electrons. The van der Waals surface area contributed by atoms with Gasteiger partial charge in [-0.25, -0.2) is 0 Å². The fourth-order valence-corrected chi connectivity index (χ4v) is 0.480. The number of aliphatic hydroxyl groups excluding tert-OH is 1. The number of rotatable bonds is 4. The van der Waals surface area contributed by atoms with Gasteiger partial charge in [0.15, 0.2) is 5.78 Å². The molecular weight excluding hydrogens is 156 g/mol. The van der Waals surface area contributed by atoms with Gasteiger partial charge < -0.3 is 10.2 Å². The van der Waals surface area contributed by atoms with Crippen LogP contribution in [0.4, 0.5) is 0 Å². The van der Waals surface area contributed by atoms with Crippen LogP contribution >= 0.6 is 0 Å². The number of hydrogen-bond donors (Lipinski definition) is 2. The number of hydrogen-bond acceptors (Lipinski definition) is 3. The van der Waals surface area contributed by atoms with Crippen molar-refractivity contribution in [3.05, 3.63) is 0 Å². The van der Waals surface area contributed by atoms with Crippen LogP contribution in [0.1, 0.15) is 48.5 Å². The van der Waals surface area contributed by atoms with E-state index in [0.29, 0.717) is 0 Å². The van der Waals surface area contributed by atoms with E-state index in [2.05, 4.69) is 0 Å². The van der Waals surface area contributed by atoms with Crippen molar-refractivity contribution in [2.24, 2.45) is 0 Å². The normalized spacial score (nSPS) is 7.67. The van der Waals surface area contributed by atoms with Crippen LogP contribution in [0, 0.1) is 0 Å². The number of ketones is 1. The summed E-state index contributed by atoms with van der Waals surface area (Å²) >= 11 is 0. The van der Waals surface area contributed by atoms with Gasteiger partial charge in [0.05, 0.1) is 0 Å². The Balaban J connectivity index is -0.000000107. The Kier molecular flexibility index (Phi) is 24.8. The van der Waals surface area contributed by atoms with Gasteiger partial charge in [-0.1, -0.05) is 35.6 Å². The summed E-state index contributed by atoms with van der Waals surface area (Å²) in [6.45, 7) is 1.94. The summed E-state index contributed by atoms with van der Waals surface area (Å²) in [4.78, 5) is 10.4. The maximum Gasteiger partial charge on any atom is 0.212 e. The molecule has 0 unspecified atom stereocenters. The predicted molar refractivity (Wildman–Crippen MR) is 53.0 cm³/mol. The summed E-state index contributed by atoms with van der Waals surface area (Å²) in [6, 6.07) is 0. The number of carbonyl (C=O) groups excluding carboxylic acids is 1. The van der Waals surface area contributed by atoms with Crippen LogP contribution in [0.2, 0.25) is 0 Å². The number of aliphatic hydroxyl groups is 2. The smallest absolute Gasteiger partial charge is 0.212 e. The van der Waals surface area contributed by atoms with E-state index in [0.717, 1.165) is 12.8 Å². The van der Waals surface area contributed by atoms with Crippen LogP contribution in [0.15, 0.2) is 0 Å². The highest BCUT2D eigenvalue weighted by Crippen LogP contribution is 1.96. The lowest BCUT2D eigenvalue weighted by molar-refractivity contribution is -0.145. The molecule has 0 aromatic rings. The van der Waals surface area contributed by atoms with Crippen molar-refractivity contribution < 1.29 is 15.0 Å². The Labute approximate surface area is 76.4 Å². The van der Waals surface area contributed by atoms with Crippen LogP contribution in [-0.2, 0) is 4.79 Å². The van der Waals surface area contributed by atoms with Crippen molar-refractivity contribution in [3.8, 4) is 0 Å². The van der Waals surface area contributed by atoms with E-state index >= 15 is 0 Å². The van der Waals surface area contributed by atoms with Crippen LogP contribution in [0.5, 0.6) is 0 Å². The van der Waals surface area contributed by atoms with E-state index in [1.165, 1.54) is 0 Å². The second-order valence-corrected chi connectivity index (χ2v) is 1.94. The SMILES string of the molecule is C.C.C.CCCCC(=O)C(O)O. The van der Waals surface area contributed by atoms with Crippen molar-refractivity contribution in [2.45, 2.75) is 54.8 Å². The molecule has 0 heterocycles. The molecule has 0 saturated heterocycles. The number of Topliss-reactive ketones (excluding diaryl/α,β-unsaturated/α-hetero) is 1. The summed E-state index contributed by atoms with van der Waals surface area (Å²) in [6.07, 6.45) is 0.139. The molecule has 3 heteroatoms. The highest BCUT2D eigenvalue weighted by molar-refractivity contribution is 5.81. The zero-order valence-electron chi connectivity index (χ0n) is 5.50. The fraction of sp³-hybridized carbons (Fsp3) is 0.889. The van der Waals surface area contributed by atoms with Crippen LogP contribution in [-0.4, -0.2) is 22.3 Å². The average molecular weight is 180 g/mol. The molecule has 0 aliphatic carbocycles. The molecule has 2 N–H and O–H groups in total. The third-order valence-corrected chi connectivity index (χ3v) is 1.06. The molecule has 0 amide bonds. The third kappa shape index (κ3) is 12.3. The number of carbonyl (C=O) groups is 1. The molecule has 78 valence electrons. The van der Waals surface area contributed by atoms with E-state index in [1.807, 2.05) is 6.92 Å². The molecule has 0 aliphatic rings. The first-order valence-electron chi connectivity index (χ1n) is 3.07. The molecule has 0 aromatic carbocycles. The zero-order chi connectivity index (χ0) is 7.28. The maximum atomic E-state index is 10.4. The van der Waals surface area contributed by atoms with Gasteiger partial charge >= 0.3 is 0 Å². The molecule has 0 bridgehead atoms. The van der Waals surface area contributed by atoms with Gasteiger partial charge in [0, 0.05) is 6.42 Å². The quantitative estimate of drug-likeness (QED) is 0.650. The van der Waals surface area contributed by atoms with Crippen molar-refractivity contribution in [2.75, 3.05) is 0 Å². The van der Waals surface area contributed by atoms with Crippen LogP contribution in [0.25, 0.3) is 0 Å². The predicted octanol–water partition coefficient (Wildman–Crippen LogP) is 1.96. The largest absolute Gasteiger partial charge is 0.362 e. The number of unbranched alkanes of at least 4 members (excludes halogenated alkanes) is 1. The highest BCUT2D eigenvalue weighted by Gasteiger charge is 2.08. The van der Waals surface area contributed by atoms with E-state index in [4.69, 9.17) is 10.2 Å². The molecule has 0 aliphatic heterocycles. The van der Waals surface area contributed by atoms with Crippen LogP contribution < -0.4 is 0 Å². The maximum absolute atomic E-state index is 10.4.